The highest BCUT2D eigenvalue weighted by Gasteiger charge is 2.26. The van der Waals surface area contributed by atoms with Gasteiger partial charge in [-0.3, -0.25) is 19.1 Å². The number of nitrogens with zero attached hydrogens (tertiary/aromatic N) is 5. The Labute approximate surface area is 208 Å². The van der Waals surface area contributed by atoms with E-state index in [0.717, 1.165) is 34.5 Å². The number of hydrogen-bond acceptors (Lipinski definition) is 6. The summed E-state index contributed by atoms with van der Waals surface area (Å²) in [6.45, 7) is 6.16. The van der Waals surface area contributed by atoms with Crippen molar-refractivity contribution >= 4 is 29.1 Å². The van der Waals surface area contributed by atoms with Crippen molar-refractivity contribution in [3.8, 4) is 17.1 Å². The SMILES string of the molecule is CC(=O)N1CCc2cc(C(=O)[C@H](C)Sc3nnc(-c4cccnc4)n3-c3ccccc3C)ccc21. The lowest BCUT2D eigenvalue weighted by molar-refractivity contribution is -0.116. The number of hydrogen-bond donors (Lipinski definition) is 0. The second kappa shape index (κ2) is 9.46. The molecule has 35 heavy (non-hydrogen) atoms. The molecule has 0 fully saturated rings. The molecule has 0 N–H and O–H groups in total. The number of fused-ring (bicyclic) bond motifs is 1. The monoisotopic (exact) mass is 483 g/mol. The number of Topliss-reactive ketones (excluding diaryl/α,β-unsaturated/α-hetero) is 1. The van der Waals surface area contributed by atoms with Crippen molar-refractivity contribution < 1.29 is 9.59 Å². The topological polar surface area (TPSA) is 81.0 Å². The van der Waals surface area contributed by atoms with Gasteiger partial charge < -0.3 is 4.90 Å². The summed E-state index contributed by atoms with van der Waals surface area (Å²) in [6.07, 6.45) is 4.24. The maximum atomic E-state index is 13.4. The van der Waals surface area contributed by atoms with Crippen LogP contribution in [0.1, 0.15) is 35.3 Å². The largest absolute Gasteiger partial charge is 0.312 e. The quantitative estimate of drug-likeness (QED) is 0.286. The molecule has 4 aromatic rings. The second-order valence-corrected chi connectivity index (χ2v) is 9.87. The maximum absolute atomic E-state index is 13.4. The molecule has 1 aliphatic heterocycles. The van der Waals surface area contributed by atoms with Crippen molar-refractivity contribution in [1.82, 2.24) is 19.7 Å². The molecule has 1 aliphatic rings. The molecule has 0 radical (unpaired) electrons. The van der Waals surface area contributed by atoms with Gasteiger partial charge in [-0.1, -0.05) is 30.0 Å². The molecule has 0 spiro atoms. The molecular weight excluding hydrogens is 458 g/mol. The van der Waals surface area contributed by atoms with Crippen LogP contribution in [0.5, 0.6) is 0 Å². The van der Waals surface area contributed by atoms with Crippen LogP contribution in [0.4, 0.5) is 5.69 Å². The van der Waals surface area contributed by atoms with Crippen molar-refractivity contribution in [1.29, 1.82) is 0 Å². The van der Waals surface area contributed by atoms with E-state index < -0.39 is 0 Å². The van der Waals surface area contributed by atoms with E-state index in [2.05, 4.69) is 15.2 Å². The number of aryl methyl sites for hydroxylation is 1. The van der Waals surface area contributed by atoms with Gasteiger partial charge in [0.1, 0.15) is 0 Å². The highest BCUT2D eigenvalue weighted by atomic mass is 32.2. The molecule has 0 unspecified atom stereocenters. The van der Waals surface area contributed by atoms with Crippen LogP contribution in [0, 0.1) is 6.92 Å². The molecular formula is C27H25N5O2S. The predicted molar refractivity (Wildman–Crippen MR) is 137 cm³/mol. The molecule has 3 heterocycles. The molecule has 2 aromatic heterocycles. The van der Waals surface area contributed by atoms with Gasteiger partial charge in [-0.05, 0) is 67.8 Å². The minimum atomic E-state index is -0.382. The third-order valence-corrected chi connectivity index (χ3v) is 7.24. The van der Waals surface area contributed by atoms with Gasteiger partial charge in [-0.15, -0.1) is 10.2 Å². The first-order valence-corrected chi connectivity index (χ1v) is 12.4. The van der Waals surface area contributed by atoms with Crippen molar-refractivity contribution in [2.45, 2.75) is 37.6 Å². The molecule has 1 amide bonds. The normalized spacial score (nSPS) is 13.5. The number of carbonyl (C=O) groups excluding carboxylic acids is 2. The van der Waals surface area contributed by atoms with Gasteiger partial charge in [0.25, 0.3) is 0 Å². The lowest BCUT2D eigenvalue weighted by Crippen LogP contribution is -2.25. The van der Waals surface area contributed by atoms with Crippen molar-refractivity contribution in [2.24, 2.45) is 0 Å². The standard InChI is InChI=1S/C27H25N5O2S/c1-17-7-4-5-9-23(17)32-26(22-8-6-13-28-16-22)29-30-27(32)35-18(2)25(34)21-10-11-24-20(15-21)12-14-31(24)19(3)33/h4-11,13,15-16,18H,12,14H2,1-3H3/t18-/m0/s1. The lowest BCUT2D eigenvalue weighted by Gasteiger charge is -2.16. The zero-order valence-electron chi connectivity index (χ0n) is 19.8. The number of thioether (sulfide) groups is 1. The molecule has 7 nitrogen and oxygen atoms in total. The first kappa shape index (κ1) is 23.0. The van der Waals surface area contributed by atoms with Crippen molar-refractivity contribution in [3.63, 3.8) is 0 Å². The van der Waals surface area contributed by atoms with Gasteiger partial charge in [-0.25, -0.2) is 0 Å². The predicted octanol–water partition coefficient (Wildman–Crippen LogP) is 4.91. The molecule has 8 heteroatoms. The van der Waals surface area contributed by atoms with Crippen LogP contribution in [0.2, 0.25) is 0 Å². The number of rotatable bonds is 6. The van der Waals surface area contributed by atoms with Crippen LogP contribution < -0.4 is 4.90 Å². The molecule has 176 valence electrons. The molecule has 0 bridgehead atoms. The Balaban J connectivity index is 1.47. The summed E-state index contributed by atoms with van der Waals surface area (Å²) >= 11 is 1.39. The Hall–Kier alpha value is -3.78. The molecule has 1 atom stereocenters. The number of pyridine rings is 1. The van der Waals surface area contributed by atoms with Gasteiger partial charge >= 0.3 is 0 Å². The fourth-order valence-electron chi connectivity index (χ4n) is 4.39. The Morgan fingerprint density at radius 1 is 1.03 bits per heavy atom. The molecule has 5 rings (SSSR count). The molecule has 0 aliphatic carbocycles. The minimum absolute atomic E-state index is 0.0151. The summed E-state index contributed by atoms with van der Waals surface area (Å²) in [5.41, 5.74) is 5.46. The van der Waals surface area contributed by atoms with Crippen LogP contribution in [0.15, 0.2) is 72.1 Å². The summed E-state index contributed by atoms with van der Waals surface area (Å²) in [6, 6.07) is 17.5. The van der Waals surface area contributed by atoms with E-state index in [1.165, 1.54) is 11.8 Å². The number of aromatic nitrogens is 4. The second-order valence-electron chi connectivity index (χ2n) is 8.56. The van der Waals surface area contributed by atoms with Crippen LogP contribution in [0.3, 0.4) is 0 Å². The maximum Gasteiger partial charge on any atom is 0.223 e. The molecule has 0 saturated heterocycles. The van der Waals surface area contributed by atoms with Gasteiger partial charge in [0.05, 0.1) is 10.9 Å². The molecule has 2 aromatic carbocycles. The summed E-state index contributed by atoms with van der Waals surface area (Å²) in [5, 5.41) is 9.19. The third-order valence-electron chi connectivity index (χ3n) is 6.20. The van der Waals surface area contributed by atoms with Crippen LogP contribution in [0.25, 0.3) is 17.1 Å². The molecule has 0 saturated carbocycles. The van der Waals surface area contributed by atoms with Crippen LogP contribution in [-0.4, -0.2) is 43.2 Å². The zero-order valence-corrected chi connectivity index (χ0v) is 20.6. The zero-order chi connectivity index (χ0) is 24.5. The number of anilines is 1. The average molecular weight is 484 g/mol. The van der Waals surface area contributed by atoms with E-state index in [1.54, 1.807) is 24.2 Å². The van der Waals surface area contributed by atoms with Gasteiger partial charge in [0.2, 0.25) is 5.91 Å². The number of carbonyl (C=O) groups is 2. The minimum Gasteiger partial charge on any atom is -0.312 e. The van der Waals surface area contributed by atoms with E-state index in [9.17, 15) is 9.59 Å². The summed E-state index contributed by atoms with van der Waals surface area (Å²) in [5.74, 6) is 0.712. The summed E-state index contributed by atoms with van der Waals surface area (Å²) < 4.78 is 1.99. The highest BCUT2D eigenvalue weighted by molar-refractivity contribution is 8.00. The Morgan fingerprint density at radius 2 is 1.86 bits per heavy atom. The fraction of sp³-hybridized carbons (Fsp3) is 0.222. The van der Waals surface area contributed by atoms with Gasteiger partial charge in [0, 0.05) is 42.7 Å². The van der Waals surface area contributed by atoms with Crippen LogP contribution in [-0.2, 0) is 11.2 Å². The Kier molecular flexibility index (Phi) is 6.21. The van der Waals surface area contributed by atoms with Crippen molar-refractivity contribution in [2.75, 3.05) is 11.4 Å². The first-order valence-electron chi connectivity index (χ1n) is 11.5. The highest BCUT2D eigenvalue weighted by Crippen LogP contribution is 2.34. The van der Waals surface area contributed by atoms with E-state index in [0.29, 0.717) is 23.1 Å². The third kappa shape index (κ3) is 4.37. The van der Waals surface area contributed by atoms with E-state index in [1.807, 2.05) is 73.0 Å². The number of ketones is 1. The Morgan fingerprint density at radius 3 is 2.60 bits per heavy atom. The fourth-order valence-corrected chi connectivity index (χ4v) is 5.33. The first-order chi connectivity index (χ1) is 16.9. The van der Waals surface area contributed by atoms with E-state index in [4.69, 9.17) is 0 Å². The number of para-hydroxylation sites is 1. The lowest BCUT2D eigenvalue weighted by atomic mass is 10.0. The van der Waals surface area contributed by atoms with Crippen molar-refractivity contribution in [3.05, 3.63) is 83.7 Å². The van der Waals surface area contributed by atoms with E-state index >= 15 is 0 Å². The van der Waals surface area contributed by atoms with E-state index in [-0.39, 0.29) is 16.9 Å². The average Bonchev–Trinajstić information content (AvgIpc) is 3.48. The van der Waals surface area contributed by atoms with Crippen LogP contribution >= 0.6 is 11.8 Å². The smallest absolute Gasteiger partial charge is 0.223 e. The number of amides is 1. The summed E-state index contributed by atoms with van der Waals surface area (Å²) in [4.78, 5) is 31.2. The summed E-state index contributed by atoms with van der Waals surface area (Å²) in [7, 11) is 0. The van der Waals surface area contributed by atoms with Gasteiger partial charge in [0.15, 0.2) is 16.8 Å². The Bertz CT molecular complexity index is 1420. The van der Waals surface area contributed by atoms with Gasteiger partial charge in [-0.2, -0.15) is 0 Å². The number of benzene rings is 2.